The van der Waals surface area contributed by atoms with E-state index < -0.39 is 7.26 Å². The van der Waals surface area contributed by atoms with Gasteiger partial charge in [0, 0.05) is 5.56 Å². The summed E-state index contributed by atoms with van der Waals surface area (Å²) in [6.45, 7) is 14.5. The average Bonchev–Trinajstić information content (AvgIpc) is 2.99. The Labute approximate surface area is 248 Å². The van der Waals surface area contributed by atoms with Gasteiger partial charge in [-0.1, -0.05) is 91.1 Å². The third-order valence-corrected chi connectivity index (χ3v) is 17.7. The Bertz CT molecular complexity index is 1010. The molecule has 0 bridgehead atoms. The molecule has 3 aliphatic rings. The molecule has 0 N–H and O–H groups in total. The van der Waals surface area contributed by atoms with Crippen molar-refractivity contribution in [3.8, 4) is 11.1 Å². The molecule has 0 spiro atoms. The molecule has 1 heteroatoms. The predicted octanol–water partition coefficient (Wildman–Crippen LogP) is 12.4. The van der Waals surface area contributed by atoms with Gasteiger partial charge < -0.3 is 0 Å². The minimum atomic E-state index is -1.41. The highest BCUT2D eigenvalue weighted by Crippen LogP contribution is 2.77. The Morgan fingerprint density at radius 1 is 0.525 bits per heavy atom. The van der Waals surface area contributed by atoms with Crippen molar-refractivity contribution in [3.63, 3.8) is 0 Å². The van der Waals surface area contributed by atoms with Crippen molar-refractivity contribution in [2.45, 2.75) is 173 Å². The average molecular weight is 560 g/mol. The molecule has 0 saturated heterocycles. The van der Waals surface area contributed by atoms with Gasteiger partial charge in [0.25, 0.3) is 0 Å². The molecular formula is C39H60P+. The van der Waals surface area contributed by atoms with Crippen LogP contribution in [-0.2, 0) is 0 Å². The molecule has 0 aliphatic heterocycles. The highest BCUT2D eigenvalue weighted by atomic mass is 31.2. The zero-order valence-electron chi connectivity index (χ0n) is 27.0. The van der Waals surface area contributed by atoms with Crippen LogP contribution >= 0.6 is 7.26 Å². The first kappa shape index (κ1) is 30.3. The molecule has 220 valence electrons. The first-order valence-electron chi connectivity index (χ1n) is 17.5. The Balaban J connectivity index is 1.82. The van der Waals surface area contributed by atoms with Crippen LogP contribution in [-0.4, -0.2) is 17.0 Å². The van der Waals surface area contributed by atoms with Crippen molar-refractivity contribution in [3.05, 3.63) is 53.1 Å². The van der Waals surface area contributed by atoms with Gasteiger partial charge in [0.1, 0.15) is 5.30 Å². The lowest BCUT2D eigenvalue weighted by atomic mass is 9.82. The minimum Gasteiger partial charge on any atom is -0.0614 e. The molecule has 3 aliphatic carbocycles. The number of hydrogen-bond donors (Lipinski definition) is 0. The van der Waals surface area contributed by atoms with Crippen LogP contribution in [0.2, 0.25) is 0 Å². The van der Waals surface area contributed by atoms with E-state index in [4.69, 9.17) is 0 Å². The molecule has 40 heavy (non-hydrogen) atoms. The standard InChI is InChI=1S/C39H60P/c1-28(2)31-26-36(29(3)4)39(37(27-31)30(5)6)35-24-16-17-25-38(35)40(32-18-10-7-11-19-32,33-20-12-8-13-21-33)34-22-14-9-15-23-34/h16-17,24-30,32-34H,7-15,18-23H2,1-6H3/q+1. The molecule has 3 saturated carbocycles. The molecule has 2 aromatic rings. The summed E-state index contributed by atoms with van der Waals surface area (Å²) in [5, 5.41) is 1.89. The second-order valence-electron chi connectivity index (χ2n) is 14.8. The third-order valence-electron chi connectivity index (χ3n) is 11.3. The van der Waals surface area contributed by atoms with E-state index in [0.29, 0.717) is 17.8 Å². The van der Waals surface area contributed by atoms with Crippen LogP contribution in [0.25, 0.3) is 11.1 Å². The van der Waals surface area contributed by atoms with Crippen LogP contribution in [0.4, 0.5) is 0 Å². The van der Waals surface area contributed by atoms with E-state index in [2.05, 4.69) is 77.9 Å². The maximum Gasteiger partial charge on any atom is 0.103 e. The summed E-state index contributed by atoms with van der Waals surface area (Å²) in [4.78, 5) is 0. The van der Waals surface area contributed by atoms with Gasteiger partial charge in [0.2, 0.25) is 0 Å². The van der Waals surface area contributed by atoms with E-state index in [1.807, 2.05) is 5.30 Å². The summed E-state index contributed by atoms with van der Waals surface area (Å²) in [5.74, 6) is 1.63. The van der Waals surface area contributed by atoms with Gasteiger partial charge in [-0.15, -0.1) is 0 Å². The van der Waals surface area contributed by atoms with Crippen molar-refractivity contribution in [2.75, 3.05) is 0 Å². The van der Waals surface area contributed by atoms with Crippen molar-refractivity contribution >= 4 is 12.6 Å². The summed E-state index contributed by atoms with van der Waals surface area (Å²) in [7, 11) is -1.41. The molecule has 0 radical (unpaired) electrons. The number of hydrogen-bond acceptors (Lipinski definition) is 0. The van der Waals surface area contributed by atoms with E-state index >= 15 is 0 Å². The topological polar surface area (TPSA) is 0 Å². The minimum absolute atomic E-state index is 0.533. The quantitative estimate of drug-likeness (QED) is 0.282. The first-order chi connectivity index (χ1) is 19.4. The van der Waals surface area contributed by atoms with Gasteiger partial charge in [-0.25, -0.2) is 0 Å². The zero-order chi connectivity index (χ0) is 28.3. The largest absolute Gasteiger partial charge is 0.103 e. The van der Waals surface area contributed by atoms with E-state index in [1.165, 1.54) is 102 Å². The monoisotopic (exact) mass is 559 g/mol. The van der Waals surface area contributed by atoms with Crippen LogP contribution in [0.5, 0.6) is 0 Å². The molecular weight excluding hydrogens is 499 g/mol. The maximum absolute atomic E-state index is 2.71. The van der Waals surface area contributed by atoms with Crippen molar-refractivity contribution < 1.29 is 0 Å². The molecule has 0 nitrogen and oxygen atoms in total. The fourth-order valence-corrected chi connectivity index (χ4v) is 16.9. The van der Waals surface area contributed by atoms with Gasteiger partial charge in [0.15, 0.2) is 0 Å². The van der Waals surface area contributed by atoms with E-state index in [9.17, 15) is 0 Å². The Kier molecular flexibility index (Phi) is 10.2. The van der Waals surface area contributed by atoms with Crippen LogP contribution in [0.3, 0.4) is 0 Å². The van der Waals surface area contributed by atoms with Crippen LogP contribution in [0.15, 0.2) is 36.4 Å². The van der Waals surface area contributed by atoms with E-state index in [-0.39, 0.29) is 0 Å². The summed E-state index contributed by atoms with van der Waals surface area (Å²) in [5.41, 5.74) is 10.9. The summed E-state index contributed by atoms with van der Waals surface area (Å²) < 4.78 is 0. The summed E-state index contributed by atoms with van der Waals surface area (Å²) >= 11 is 0. The predicted molar refractivity (Wildman–Crippen MR) is 181 cm³/mol. The smallest absolute Gasteiger partial charge is 0.0614 e. The lowest BCUT2D eigenvalue weighted by Crippen LogP contribution is -2.42. The first-order valence-corrected chi connectivity index (χ1v) is 19.5. The third kappa shape index (κ3) is 5.87. The normalized spacial score (nSPS) is 20.6. The van der Waals surface area contributed by atoms with Crippen molar-refractivity contribution in [1.29, 1.82) is 0 Å². The molecule has 0 aromatic heterocycles. The Hall–Kier alpha value is -1.13. The van der Waals surface area contributed by atoms with E-state index in [1.54, 1.807) is 22.3 Å². The molecule has 0 unspecified atom stereocenters. The molecule has 0 heterocycles. The highest BCUT2D eigenvalue weighted by Gasteiger charge is 2.59. The zero-order valence-corrected chi connectivity index (χ0v) is 27.9. The van der Waals surface area contributed by atoms with Crippen molar-refractivity contribution in [2.24, 2.45) is 0 Å². The lowest BCUT2D eigenvalue weighted by molar-refractivity contribution is 0.455. The Morgan fingerprint density at radius 2 is 0.925 bits per heavy atom. The lowest BCUT2D eigenvalue weighted by Gasteiger charge is -2.49. The molecule has 3 fully saturated rings. The molecule has 0 amide bonds. The second-order valence-corrected chi connectivity index (χ2v) is 19.1. The summed E-state index contributed by atoms with van der Waals surface area (Å²) in [6, 6.07) is 15.4. The molecule has 2 aromatic carbocycles. The van der Waals surface area contributed by atoms with Gasteiger partial charge in [0.05, 0.1) is 24.2 Å². The van der Waals surface area contributed by atoms with Gasteiger partial charge in [-0.3, -0.25) is 0 Å². The number of benzene rings is 2. The van der Waals surface area contributed by atoms with Crippen molar-refractivity contribution in [1.82, 2.24) is 0 Å². The maximum atomic E-state index is 2.71. The molecule has 5 rings (SSSR count). The van der Waals surface area contributed by atoms with Crippen LogP contribution < -0.4 is 5.30 Å². The second kappa shape index (κ2) is 13.4. The Morgan fingerprint density at radius 3 is 1.30 bits per heavy atom. The number of rotatable bonds is 8. The van der Waals surface area contributed by atoms with Gasteiger partial charge in [-0.2, -0.15) is 0 Å². The SMILES string of the molecule is CC(C)c1cc(C(C)C)c(-c2ccccc2[P+](C2CCCCC2)(C2CCCCC2)C2CCCCC2)c(C(C)C)c1. The molecule has 0 atom stereocenters. The fourth-order valence-electron chi connectivity index (χ4n) is 9.30. The van der Waals surface area contributed by atoms with Crippen LogP contribution in [0.1, 0.15) is 172 Å². The summed E-state index contributed by atoms with van der Waals surface area (Å²) in [6.07, 6.45) is 22.3. The van der Waals surface area contributed by atoms with Crippen LogP contribution in [0, 0.1) is 0 Å². The van der Waals surface area contributed by atoms with Gasteiger partial charge >= 0.3 is 0 Å². The highest BCUT2D eigenvalue weighted by molar-refractivity contribution is 7.85. The van der Waals surface area contributed by atoms with E-state index in [0.717, 1.165) is 17.0 Å². The van der Waals surface area contributed by atoms with Gasteiger partial charge in [-0.05, 0) is 123 Å². The fraction of sp³-hybridized carbons (Fsp3) is 0.692.